The van der Waals surface area contributed by atoms with Crippen LogP contribution >= 0.6 is 0 Å². The minimum absolute atomic E-state index is 0.174. The summed E-state index contributed by atoms with van der Waals surface area (Å²) in [5.41, 5.74) is 2.75. The molecule has 2 atom stereocenters. The molecule has 0 radical (unpaired) electrons. The molecule has 1 fully saturated rings. The van der Waals surface area contributed by atoms with Crippen molar-refractivity contribution in [3.63, 3.8) is 0 Å². The number of para-hydroxylation sites is 2. The van der Waals surface area contributed by atoms with Crippen LogP contribution in [0.4, 0.5) is 10.5 Å². The van der Waals surface area contributed by atoms with E-state index in [1.807, 2.05) is 54.8 Å². The molecule has 0 saturated carbocycles. The summed E-state index contributed by atoms with van der Waals surface area (Å²) >= 11 is 0. The number of ether oxygens (including phenoxy) is 1. The number of allylic oxidation sites excluding steroid dienone is 2. The van der Waals surface area contributed by atoms with Gasteiger partial charge >= 0.3 is 6.03 Å². The molecule has 3 aliphatic rings. The van der Waals surface area contributed by atoms with Gasteiger partial charge in [0, 0.05) is 25.0 Å². The molecule has 1 aromatic carbocycles. The van der Waals surface area contributed by atoms with Gasteiger partial charge in [0.25, 0.3) is 5.91 Å². The highest BCUT2D eigenvalue weighted by Gasteiger charge is 2.55. The molecular formula is C21H25N5O3. The molecule has 0 aromatic heterocycles. The molecule has 8 heteroatoms. The molecule has 3 aliphatic heterocycles. The summed E-state index contributed by atoms with van der Waals surface area (Å²) in [5, 5.41) is 0. The van der Waals surface area contributed by atoms with Crippen LogP contribution < -0.4 is 9.64 Å². The van der Waals surface area contributed by atoms with Crippen LogP contribution in [0, 0.1) is 0 Å². The molecule has 1 aromatic rings. The van der Waals surface area contributed by atoms with Gasteiger partial charge in [0.15, 0.2) is 12.2 Å². The number of hydrogen-bond donors (Lipinski definition) is 0. The Morgan fingerprint density at radius 3 is 2.62 bits per heavy atom. The smallest absolute Gasteiger partial charge is 0.328 e. The first-order valence-corrected chi connectivity index (χ1v) is 9.67. The number of benzene rings is 1. The SMILES string of the molecule is C=CCN1C(=O)C2C(N=C3N(c4ccccc4OCC)C(C)=C(C)N32)N(C)C1=O. The monoisotopic (exact) mass is 395 g/mol. The van der Waals surface area contributed by atoms with E-state index in [0.717, 1.165) is 22.8 Å². The van der Waals surface area contributed by atoms with Crippen molar-refractivity contribution in [3.05, 3.63) is 48.3 Å². The van der Waals surface area contributed by atoms with E-state index in [2.05, 4.69) is 6.58 Å². The third-order valence-corrected chi connectivity index (χ3v) is 5.61. The van der Waals surface area contributed by atoms with Crippen molar-refractivity contribution < 1.29 is 14.3 Å². The summed E-state index contributed by atoms with van der Waals surface area (Å²) in [7, 11) is 1.68. The zero-order valence-electron chi connectivity index (χ0n) is 17.1. The first-order valence-electron chi connectivity index (χ1n) is 9.67. The van der Waals surface area contributed by atoms with Crippen molar-refractivity contribution in [1.29, 1.82) is 0 Å². The van der Waals surface area contributed by atoms with Crippen molar-refractivity contribution in [3.8, 4) is 5.75 Å². The standard InChI is InChI=1S/C21H25N5O3/c1-6-12-24-19(27)17-18(23(5)21(24)28)22-20-25(13(3)14(4)26(17)20)15-10-8-9-11-16(15)29-7-2/h6,8-11,17-18H,1,7,12H2,2-5H3. The van der Waals surface area contributed by atoms with E-state index in [0.29, 0.717) is 12.6 Å². The number of likely N-dealkylation sites (N-methyl/N-ethyl adjacent to an activating group) is 1. The van der Waals surface area contributed by atoms with E-state index in [1.165, 1.54) is 9.80 Å². The van der Waals surface area contributed by atoms with E-state index in [1.54, 1.807) is 13.1 Å². The third-order valence-electron chi connectivity index (χ3n) is 5.61. The Balaban J connectivity index is 1.80. The average molecular weight is 395 g/mol. The number of fused-ring (bicyclic) bond motifs is 3. The Morgan fingerprint density at radius 2 is 1.93 bits per heavy atom. The lowest BCUT2D eigenvalue weighted by molar-refractivity contribution is -0.136. The number of hydrogen-bond acceptors (Lipinski definition) is 6. The minimum atomic E-state index is -0.591. The largest absolute Gasteiger partial charge is 0.492 e. The Morgan fingerprint density at radius 1 is 1.21 bits per heavy atom. The third kappa shape index (κ3) is 2.62. The molecule has 3 heterocycles. The summed E-state index contributed by atoms with van der Waals surface area (Å²) in [6.07, 6.45) is 0.986. The average Bonchev–Trinajstić information content (AvgIpc) is 3.20. The number of aliphatic imine (C=N–C) groups is 1. The molecule has 0 bridgehead atoms. The van der Waals surface area contributed by atoms with Crippen LogP contribution in [0.5, 0.6) is 5.75 Å². The lowest BCUT2D eigenvalue weighted by Crippen LogP contribution is -2.64. The fraction of sp³-hybridized carbons (Fsp3) is 0.381. The number of carbonyl (C=O) groups is 2. The maximum atomic E-state index is 13.2. The van der Waals surface area contributed by atoms with E-state index < -0.39 is 12.2 Å². The van der Waals surface area contributed by atoms with Gasteiger partial charge in [-0.1, -0.05) is 18.2 Å². The summed E-state index contributed by atoms with van der Waals surface area (Å²) < 4.78 is 5.82. The second-order valence-electron chi connectivity index (χ2n) is 7.20. The van der Waals surface area contributed by atoms with Gasteiger partial charge in [-0.2, -0.15) is 0 Å². The molecule has 0 N–H and O–H groups in total. The zero-order valence-corrected chi connectivity index (χ0v) is 17.1. The van der Waals surface area contributed by atoms with Crippen LogP contribution in [0.3, 0.4) is 0 Å². The first-order chi connectivity index (χ1) is 13.9. The molecular weight excluding hydrogens is 370 g/mol. The van der Waals surface area contributed by atoms with E-state index in [-0.39, 0.29) is 18.5 Å². The van der Waals surface area contributed by atoms with Gasteiger partial charge in [0.05, 0.1) is 12.3 Å². The predicted octanol–water partition coefficient (Wildman–Crippen LogP) is 2.60. The van der Waals surface area contributed by atoms with Gasteiger partial charge in [0.2, 0.25) is 5.96 Å². The second-order valence-corrected chi connectivity index (χ2v) is 7.20. The fourth-order valence-electron chi connectivity index (χ4n) is 4.12. The molecule has 8 nitrogen and oxygen atoms in total. The number of imide groups is 1. The second kappa shape index (κ2) is 6.95. The number of guanidine groups is 1. The summed E-state index contributed by atoms with van der Waals surface area (Å²) in [6.45, 7) is 10.3. The van der Waals surface area contributed by atoms with Crippen molar-refractivity contribution in [1.82, 2.24) is 14.7 Å². The van der Waals surface area contributed by atoms with Crippen LogP contribution in [-0.2, 0) is 4.79 Å². The van der Waals surface area contributed by atoms with E-state index >= 15 is 0 Å². The highest BCUT2D eigenvalue weighted by molar-refractivity contribution is 6.11. The van der Waals surface area contributed by atoms with Crippen LogP contribution in [0.25, 0.3) is 0 Å². The summed E-state index contributed by atoms with van der Waals surface area (Å²) in [6, 6.07) is 6.80. The Hall–Kier alpha value is -3.29. The number of nitrogens with zero attached hydrogens (tertiary/aromatic N) is 5. The summed E-state index contributed by atoms with van der Waals surface area (Å²) in [4.78, 5) is 37.4. The number of anilines is 1. The van der Waals surface area contributed by atoms with Gasteiger partial charge in [-0.05, 0) is 32.9 Å². The molecule has 2 unspecified atom stereocenters. The number of rotatable bonds is 5. The first kappa shape index (κ1) is 19.0. The molecule has 4 rings (SSSR count). The Kier molecular flexibility index (Phi) is 4.56. The number of amides is 3. The maximum Gasteiger partial charge on any atom is 0.328 e. The van der Waals surface area contributed by atoms with Crippen molar-refractivity contribution in [2.24, 2.45) is 4.99 Å². The predicted molar refractivity (Wildman–Crippen MR) is 110 cm³/mol. The van der Waals surface area contributed by atoms with Gasteiger partial charge in [-0.3, -0.25) is 19.5 Å². The lowest BCUT2D eigenvalue weighted by atomic mass is 10.1. The van der Waals surface area contributed by atoms with Crippen LogP contribution in [0.2, 0.25) is 0 Å². The Labute approximate surface area is 170 Å². The Bertz CT molecular complexity index is 953. The van der Waals surface area contributed by atoms with Gasteiger partial charge in [0.1, 0.15) is 5.75 Å². The van der Waals surface area contributed by atoms with Crippen molar-refractivity contribution in [2.75, 3.05) is 25.1 Å². The molecule has 152 valence electrons. The lowest BCUT2D eigenvalue weighted by Gasteiger charge is -2.40. The zero-order chi connectivity index (χ0) is 20.9. The van der Waals surface area contributed by atoms with Crippen LogP contribution in [0.1, 0.15) is 20.8 Å². The molecule has 29 heavy (non-hydrogen) atoms. The normalized spacial score (nSPS) is 23.5. The summed E-state index contributed by atoms with van der Waals surface area (Å²) in [5.74, 6) is 1.12. The molecule has 0 aliphatic carbocycles. The number of urea groups is 1. The highest BCUT2D eigenvalue weighted by Crippen LogP contribution is 2.42. The number of carbonyl (C=O) groups excluding carboxylic acids is 2. The molecule has 1 saturated heterocycles. The van der Waals surface area contributed by atoms with Crippen LogP contribution in [0.15, 0.2) is 53.3 Å². The maximum absolute atomic E-state index is 13.2. The van der Waals surface area contributed by atoms with Crippen molar-refractivity contribution in [2.45, 2.75) is 33.0 Å². The minimum Gasteiger partial charge on any atom is -0.492 e. The topological polar surface area (TPSA) is 68.7 Å². The highest BCUT2D eigenvalue weighted by atomic mass is 16.5. The van der Waals surface area contributed by atoms with Gasteiger partial charge < -0.3 is 9.64 Å². The van der Waals surface area contributed by atoms with E-state index in [9.17, 15) is 9.59 Å². The van der Waals surface area contributed by atoms with E-state index in [4.69, 9.17) is 9.73 Å². The van der Waals surface area contributed by atoms with Crippen molar-refractivity contribution >= 4 is 23.6 Å². The van der Waals surface area contributed by atoms with Gasteiger partial charge in [-0.25, -0.2) is 9.79 Å². The molecule has 3 amide bonds. The van der Waals surface area contributed by atoms with Gasteiger partial charge in [-0.15, -0.1) is 6.58 Å². The quantitative estimate of drug-likeness (QED) is 0.717. The van der Waals surface area contributed by atoms with Crippen LogP contribution in [-0.4, -0.2) is 65.0 Å². The molecule has 0 spiro atoms. The fourth-order valence-corrected chi connectivity index (χ4v) is 4.12.